The van der Waals surface area contributed by atoms with Gasteiger partial charge in [0.1, 0.15) is 6.10 Å². The molecule has 0 bridgehead atoms. The molecule has 1 fully saturated rings. The van der Waals surface area contributed by atoms with Crippen LogP contribution in [0.5, 0.6) is 0 Å². The van der Waals surface area contributed by atoms with Gasteiger partial charge in [0.05, 0.1) is 36.8 Å². The van der Waals surface area contributed by atoms with E-state index in [1.165, 1.54) is 11.8 Å². The number of amides is 1. The number of nitrogens with zero attached hydrogens (tertiary/aromatic N) is 2. The lowest BCUT2D eigenvalue weighted by Gasteiger charge is -2.38. The van der Waals surface area contributed by atoms with Crippen molar-refractivity contribution in [1.29, 1.82) is 5.26 Å². The van der Waals surface area contributed by atoms with E-state index in [1.54, 1.807) is 0 Å². The number of morpholine rings is 1. The first-order valence-corrected chi connectivity index (χ1v) is 8.26. The maximum Gasteiger partial charge on any atom is 0.233 e. The topological polar surface area (TPSA) is 53.3 Å². The lowest BCUT2D eigenvalue weighted by atomic mass is 10.1. The highest BCUT2D eigenvalue weighted by Crippen LogP contribution is 2.27. The van der Waals surface area contributed by atoms with Gasteiger partial charge in [0.2, 0.25) is 5.91 Å². The van der Waals surface area contributed by atoms with Crippen molar-refractivity contribution < 1.29 is 9.53 Å². The lowest BCUT2D eigenvalue weighted by molar-refractivity contribution is -0.141. The van der Waals surface area contributed by atoms with Crippen LogP contribution >= 0.6 is 23.4 Å². The average molecular weight is 325 g/mol. The van der Waals surface area contributed by atoms with Crippen molar-refractivity contribution in [1.82, 2.24) is 4.90 Å². The Balaban J connectivity index is 2.02. The van der Waals surface area contributed by atoms with Crippen LogP contribution in [0, 0.1) is 11.3 Å². The van der Waals surface area contributed by atoms with Gasteiger partial charge in [-0.25, -0.2) is 0 Å². The fourth-order valence-electron chi connectivity index (χ4n) is 2.28. The molecule has 1 aliphatic heterocycles. The molecule has 4 nitrogen and oxygen atoms in total. The van der Waals surface area contributed by atoms with Crippen LogP contribution in [0.25, 0.3) is 0 Å². The van der Waals surface area contributed by atoms with Crippen LogP contribution in [0.4, 0.5) is 0 Å². The van der Waals surface area contributed by atoms with Gasteiger partial charge in [0, 0.05) is 5.02 Å². The van der Waals surface area contributed by atoms with E-state index in [1.807, 2.05) is 42.2 Å². The molecule has 0 saturated carbocycles. The standard InChI is InChI=1S/C15H17ClN2O2S/c1-11-9-20-14(12-3-2-4-13(16)7-12)8-18(11)15(19)10-21-6-5-17/h2-4,7,11,14H,6,8-10H2,1H3/t11-,14-/m0/s1. The summed E-state index contributed by atoms with van der Waals surface area (Å²) >= 11 is 7.35. The van der Waals surface area contributed by atoms with Crippen LogP contribution in [0.2, 0.25) is 5.02 Å². The molecule has 6 heteroatoms. The van der Waals surface area contributed by atoms with E-state index < -0.39 is 0 Å². The number of carbonyl (C=O) groups is 1. The predicted octanol–water partition coefficient (Wildman–Crippen LogP) is 2.89. The van der Waals surface area contributed by atoms with E-state index in [0.717, 1.165) is 5.56 Å². The molecular formula is C15H17ClN2O2S. The van der Waals surface area contributed by atoms with Gasteiger partial charge in [0.25, 0.3) is 0 Å². The Hall–Kier alpha value is -1.22. The number of halogens is 1. The van der Waals surface area contributed by atoms with Crippen molar-refractivity contribution in [2.24, 2.45) is 0 Å². The molecule has 112 valence electrons. The van der Waals surface area contributed by atoms with E-state index in [9.17, 15) is 4.79 Å². The number of hydrogen-bond donors (Lipinski definition) is 0. The summed E-state index contributed by atoms with van der Waals surface area (Å²) < 4.78 is 5.83. The van der Waals surface area contributed by atoms with Crippen LogP contribution in [0.1, 0.15) is 18.6 Å². The third-order valence-corrected chi connectivity index (χ3v) is 4.39. The molecule has 0 radical (unpaired) electrons. The number of hydrogen-bond acceptors (Lipinski definition) is 4. The summed E-state index contributed by atoms with van der Waals surface area (Å²) in [6.45, 7) is 3.00. The van der Waals surface area contributed by atoms with Crippen molar-refractivity contribution in [3.8, 4) is 6.07 Å². The molecule has 21 heavy (non-hydrogen) atoms. The van der Waals surface area contributed by atoms with Gasteiger partial charge in [-0.1, -0.05) is 23.7 Å². The molecule has 0 N–H and O–H groups in total. The minimum Gasteiger partial charge on any atom is -0.370 e. The van der Waals surface area contributed by atoms with Gasteiger partial charge < -0.3 is 9.64 Å². The van der Waals surface area contributed by atoms with Gasteiger partial charge in [-0.15, -0.1) is 11.8 Å². The summed E-state index contributed by atoms with van der Waals surface area (Å²) in [6, 6.07) is 9.61. The fourth-order valence-corrected chi connectivity index (χ4v) is 3.01. The van der Waals surface area contributed by atoms with E-state index >= 15 is 0 Å². The third kappa shape index (κ3) is 4.37. The smallest absolute Gasteiger partial charge is 0.233 e. The zero-order valence-electron chi connectivity index (χ0n) is 11.8. The third-order valence-electron chi connectivity index (χ3n) is 3.37. The Morgan fingerprint density at radius 1 is 1.62 bits per heavy atom. The predicted molar refractivity (Wildman–Crippen MR) is 84.3 cm³/mol. The minimum absolute atomic E-state index is 0.0515. The summed E-state index contributed by atoms with van der Waals surface area (Å²) in [5.41, 5.74) is 0.983. The van der Waals surface area contributed by atoms with Gasteiger partial charge >= 0.3 is 0 Å². The first kappa shape index (κ1) is 16.2. The molecule has 0 aromatic heterocycles. The second-order valence-corrected chi connectivity index (χ2v) is 6.35. The molecule has 0 aliphatic carbocycles. The Labute approximate surface area is 134 Å². The van der Waals surface area contributed by atoms with Crippen LogP contribution < -0.4 is 0 Å². The molecular weight excluding hydrogens is 308 g/mol. The molecule has 1 aromatic rings. The first-order chi connectivity index (χ1) is 10.1. The Morgan fingerprint density at radius 3 is 3.14 bits per heavy atom. The zero-order valence-corrected chi connectivity index (χ0v) is 13.4. The summed E-state index contributed by atoms with van der Waals surface area (Å²) in [4.78, 5) is 14.1. The first-order valence-electron chi connectivity index (χ1n) is 6.73. The number of carbonyl (C=O) groups excluding carboxylic acids is 1. The monoisotopic (exact) mass is 324 g/mol. The maximum atomic E-state index is 12.2. The Morgan fingerprint density at radius 2 is 2.43 bits per heavy atom. The number of ether oxygens (including phenoxy) is 1. The summed E-state index contributed by atoms with van der Waals surface area (Å²) in [6.07, 6.45) is -0.148. The Kier molecular flexibility index (Phi) is 5.92. The fraction of sp³-hybridized carbons (Fsp3) is 0.467. The molecule has 2 atom stereocenters. The highest BCUT2D eigenvalue weighted by molar-refractivity contribution is 8.00. The summed E-state index contributed by atoms with van der Waals surface area (Å²) in [5.74, 6) is 0.723. The number of thioether (sulfide) groups is 1. The molecule has 1 aromatic carbocycles. The highest BCUT2D eigenvalue weighted by Gasteiger charge is 2.30. The van der Waals surface area contributed by atoms with Gasteiger partial charge in [0.15, 0.2) is 0 Å². The lowest BCUT2D eigenvalue weighted by Crippen LogP contribution is -2.49. The zero-order chi connectivity index (χ0) is 15.2. The van der Waals surface area contributed by atoms with Crippen molar-refractivity contribution in [3.05, 3.63) is 34.9 Å². The van der Waals surface area contributed by atoms with Crippen molar-refractivity contribution in [3.63, 3.8) is 0 Å². The number of benzene rings is 1. The quantitative estimate of drug-likeness (QED) is 0.799. The maximum absolute atomic E-state index is 12.2. The van der Waals surface area contributed by atoms with Crippen LogP contribution in [0.3, 0.4) is 0 Å². The second-order valence-electron chi connectivity index (χ2n) is 4.92. The van der Waals surface area contributed by atoms with Gasteiger partial charge in [-0.2, -0.15) is 5.26 Å². The van der Waals surface area contributed by atoms with Gasteiger partial charge in [-0.3, -0.25) is 4.79 Å². The van der Waals surface area contributed by atoms with E-state index in [2.05, 4.69) is 0 Å². The van der Waals surface area contributed by atoms with Crippen LogP contribution in [-0.4, -0.2) is 41.5 Å². The summed E-state index contributed by atoms with van der Waals surface area (Å²) in [7, 11) is 0. The molecule has 1 saturated heterocycles. The minimum atomic E-state index is -0.148. The SMILES string of the molecule is C[C@H]1CO[C@H](c2cccc(Cl)c2)CN1C(=O)CSCC#N. The largest absolute Gasteiger partial charge is 0.370 e. The van der Waals surface area contributed by atoms with Crippen molar-refractivity contribution >= 4 is 29.3 Å². The Bertz CT molecular complexity index is 547. The number of nitriles is 1. The molecule has 1 amide bonds. The summed E-state index contributed by atoms with van der Waals surface area (Å²) in [5, 5.41) is 9.19. The van der Waals surface area contributed by atoms with E-state index in [-0.39, 0.29) is 18.1 Å². The molecule has 1 aliphatic rings. The van der Waals surface area contributed by atoms with Crippen molar-refractivity contribution in [2.75, 3.05) is 24.7 Å². The molecule has 2 rings (SSSR count). The second kappa shape index (κ2) is 7.69. The average Bonchev–Trinajstić information content (AvgIpc) is 2.48. The molecule has 1 heterocycles. The molecule has 0 unspecified atom stereocenters. The van der Waals surface area contributed by atoms with Crippen LogP contribution in [0.15, 0.2) is 24.3 Å². The number of rotatable bonds is 4. The molecule has 0 spiro atoms. The highest BCUT2D eigenvalue weighted by atomic mass is 35.5. The normalized spacial score (nSPS) is 21.9. The van der Waals surface area contributed by atoms with Crippen LogP contribution in [-0.2, 0) is 9.53 Å². The van der Waals surface area contributed by atoms with Crippen molar-refractivity contribution in [2.45, 2.75) is 19.1 Å². The van der Waals surface area contributed by atoms with E-state index in [0.29, 0.717) is 29.7 Å². The van der Waals surface area contributed by atoms with Gasteiger partial charge in [-0.05, 0) is 24.6 Å². The van der Waals surface area contributed by atoms with E-state index in [4.69, 9.17) is 21.6 Å².